The van der Waals surface area contributed by atoms with Gasteiger partial charge in [-0.25, -0.2) is 4.98 Å². The van der Waals surface area contributed by atoms with E-state index in [0.717, 1.165) is 41.5 Å². The van der Waals surface area contributed by atoms with Gasteiger partial charge in [0.2, 0.25) is 0 Å². The van der Waals surface area contributed by atoms with Crippen LogP contribution in [0, 0.1) is 0 Å². The standard InChI is InChI=1S/C19H17Cl2N3O2/c20-16-4-3-14-15(19(16)21)8-13(9-17(14)23-7-5-22-11-23)24-6-1-2-12(24)10-18(25)26/h3-5,7-9,11-12H,1-2,6,10H2,(H,25,26)/t12-/m0/s1. The molecule has 2 aromatic carbocycles. The number of aromatic nitrogens is 2. The van der Waals surface area contributed by atoms with E-state index in [1.165, 1.54) is 0 Å². The predicted octanol–water partition coefficient (Wildman–Crippen LogP) is 4.78. The normalized spacial score (nSPS) is 17.2. The molecule has 1 fully saturated rings. The van der Waals surface area contributed by atoms with Gasteiger partial charge < -0.3 is 14.6 Å². The number of aliphatic carboxylic acids is 1. The van der Waals surface area contributed by atoms with Crippen LogP contribution >= 0.6 is 23.2 Å². The van der Waals surface area contributed by atoms with Crippen LogP contribution in [-0.4, -0.2) is 33.2 Å². The summed E-state index contributed by atoms with van der Waals surface area (Å²) in [5, 5.41) is 12.0. The van der Waals surface area contributed by atoms with Crippen LogP contribution in [0.25, 0.3) is 16.5 Å². The summed E-state index contributed by atoms with van der Waals surface area (Å²) in [6.07, 6.45) is 7.30. The summed E-state index contributed by atoms with van der Waals surface area (Å²) in [7, 11) is 0. The van der Waals surface area contributed by atoms with E-state index in [-0.39, 0.29) is 12.5 Å². The Labute approximate surface area is 160 Å². The fourth-order valence-electron chi connectivity index (χ4n) is 3.71. The molecule has 0 amide bonds. The Kier molecular flexibility index (Phi) is 4.51. The first-order valence-electron chi connectivity index (χ1n) is 8.43. The highest BCUT2D eigenvalue weighted by molar-refractivity contribution is 6.45. The maximum Gasteiger partial charge on any atom is 0.305 e. The van der Waals surface area contributed by atoms with Gasteiger partial charge in [-0.3, -0.25) is 4.79 Å². The van der Waals surface area contributed by atoms with Crippen LogP contribution in [-0.2, 0) is 4.79 Å². The van der Waals surface area contributed by atoms with Crippen molar-refractivity contribution in [2.24, 2.45) is 0 Å². The molecule has 2 heterocycles. The summed E-state index contributed by atoms with van der Waals surface area (Å²) in [6, 6.07) is 7.79. The number of hydrogen-bond acceptors (Lipinski definition) is 3. The van der Waals surface area contributed by atoms with Gasteiger partial charge in [0.25, 0.3) is 0 Å². The molecule has 1 aliphatic rings. The molecular formula is C19H17Cl2N3O2. The summed E-state index contributed by atoms with van der Waals surface area (Å²) in [5.74, 6) is -0.779. The Bertz CT molecular complexity index is 973. The topological polar surface area (TPSA) is 58.4 Å². The lowest BCUT2D eigenvalue weighted by atomic mass is 10.1. The van der Waals surface area contributed by atoms with Gasteiger partial charge in [-0.2, -0.15) is 0 Å². The maximum absolute atomic E-state index is 11.2. The molecule has 0 aliphatic carbocycles. The molecule has 0 bridgehead atoms. The summed E-state index contributed by atoms with van der Waals surface area (Å²) in [6.45, 7) is 0.824. The number of imidazole rings is 1. The van der Waals surface area contributed by atoms with Crippen LogP contribution in [0.15, 0.2) is 43.0 Å². The van der Waals surface area contributed by atoms with Crippen molar-refractivity contribution in [3.05, 3.63) is 53.0 Å². The summed E-state index contributed by atoms with van der Waals surface area (Å²) in [4.78, 5) is 17.5. The predicted molar refractivity (Wildman–Crippen MR) is 104 cm³/mol. The van der Waals surface area contributed by atoms with Gasteiger partial charge in [-0.05, 0) is 31.0 Å². The fraction of sp³-hybridized carbons (Fsp3) is 0.263. The highest BCUT2D eigenvalue weighted by Crippen LogP contribution is 2.38. The molecule has 26 heavy (non-hydrogen) atoms. The van der Waals surface area contributed by atoms with Crippen molar-refractivity contribution in [2.75, 3.05) is 11.4 Å². The van der Waals surface area contributed by atoms with Crippen molar-refractivity contribution in [1.82, 2.24) is 9.55 Å². The molecule has 1 aliphatic heterocycles. The molecule has 5 nitrogen and oxygen atoms in total. The zero-order chi connectivity index (χ0) is 18.3. The zero-order valence-electron chi connectivity index (χ0n) is 13.9. The number of halogens is 2. The molecular weight excluding hydrogens is 373 g/mol. The van der Waals surface area contributed by atoms with E-state index in [1.807, 2.05) is 22.9 Å². The molecule has 134 valence electrons. The molecule has 4 rings (SSSR count). The number of anilines is 1. The molecule has 0 saturated carbocycles. The number of carboxylic acids is 1. The molecule has 0 spiro atoms. The lowest BCUT2D eigenvalue weighted by Crippen LogP contribution is -2.31. The minimum Gasteiger partial charge on any atom is -0.481 e. The van der Waals surface area contributed by atoms with E-state index in [0.29, 0.717) is 10.0 Å². The second-order valence-electron chi connectivity index (χ2n) is 6.48. The van der Waals surface area contributed by atoms with E-state index in [1.54, 1.807) is 18.6 Å². The quantitative estimate of drug-likeness (QED) is 0.697. The highest BCUT2D eigenvalue weighted by Gasteiger charge is 2.27. The zero-order valence-corrected chi connectivity index (χ0v) is 15.4. The maximum atomic E-state index is 11.2. The van der Waals surface area contributed by atoms with Crippen LogP contribution in [0.1, 0.15) is 19.3 Å². The molecule has 1 N–H and O–H groups in total. The van der Waals surface area contributed by atoms with Crippen LogP contribution in [0.4, 0.5) is 5.69 Å². The number of fused-ring (bicyclic) bond motifs is 1. The Morgan fingerprint density at radius 3 is 2.85 bits per heavy atom. The lowest BCUT2D eigenvalue weighted by molar-refractivity contribution is -0.137. The van der Waals surface area contributed by atoms with Gasteiger partial charge in [0.15, 0.2) is 0 Å². The number of benzene rings is 2. The van der Waals surface area contributed by atoms with Gasteiger partial charge >= 0.3 is 5.97 Å². The van der Waals surface area contributed by atoms with Crippen molar-refractivity contribution in [3.63, 3.8) is 0 Å². The van der Waals surface area contributed by atoms with Crippen LogP contribution in [0.5, 0.6) is 0 Å². The van der Waals surface area contributed by atoms with E-state index in [2.05, 4.69) is 16.0 Å². The van der Waals surface area contributed by atoms with Crippen molar-refractivity contribution in [2.45, 2.75) is 25.3 Å². The smallest absolute Gasteiger partial charge is 0.305 e. The summed E-state index contributed by atoms with van der Waals surface area (Å²) < 4.78 is 1.93. The van der Waals surface area contributed by atoms with Gasteiger partial charge in [0.05, 0.1) is 28.5 Å². The monoisotopic (exact) mass is 389 g/mol. The van der Waals surface area contributed by atoms with E-state index < -0.39 is 5.97 Å². The number of rotatable bonds is 4. The SMILES string of the molecule is O=C(O)C[C@@H]1CCCN1c1cc(-n2ccnc2)c2ccc(Cl)c(Cl)c2c1. The minimum atomic E-state index is -0.779. The first-order valence-corrected chi connectivity index (χ1v) is 9.18. The Morgan fingerprint density at radius 1 is 1.27 bits per heavy atom. The Morgan fingerprint density at radius 2 is 2.12 bits per heavy atom. The van der Waals surface area contributed by atoms with Crippen molar-refractivity contribution in [3.8, 4) is 5.69 Å². The van der Waals surface area contributed by atoms with Gasteiger partial charge in [0.1, 0.15) is 0 Å². The third kappa shape index (κ3) is 3.02. The van der Waals surface area contributed by atoms with Crippen LogP contribution in [0.3, 0.4) is 0 Å². The lowest BCUT2D eigenvalue weighted by Gasteiger charge is -2.27. The Hall–Kier alpha value is -2.24. The van der Waals surface area contributed by atoms with E-state index >= 15 is 0 Å². The van der Waals surface area contributed by atoms with E-state index in [9.17, 15) is 9.90 Å². The van der Waals surface area contributed by atoms with Gasteiger partial charge in [-0.15, -0.1) is 0 Å². The van der Waals surface area contributed by atoms with Crippen molar-refractivity contribution >= 4 is 45.6 Å². The minimum absolute atomic E-state index is 0.0152. The number of hydrogen-bond donors (Lipinski definition) is 1. The number of nitrogens with zero attached hydrogens (tertiary/aromatic N) is 3. The first kappa shape index (κ1) is 17.2. The molecule has 3 aromatic rings. The van der Waals surface area contributed by atoms with Crippen molar-refractivity contribution < 1.29 is 9.90 Å². The second kappa shape index (κ2) is 6.82. The third-order valence-corrected chi connectivity index (χ3v) is 5.71. The molecule has 1 aromatic heterocycles. The van der Waals surface area contributed by atoms with Crippen LogP contribution in [0.2, 0.25) is 10.0 Å². The second-order valence-corrected chi connectivity index (χ2v) is 7.26. The molecule has 7 heteroatoms. The van der Waals surface area contributed by atoms with Gasteiger partial charge in [-0.1, -0.05) is 29.3 Å². The fourth-order valence-corrected chi connectivity index (χ4v) is 4.09. The number of carboxylic acid groups (broad SMARTS) is 1. The first-order chi connectivity index (χ1) is 12.5. The Balaban J connectivity index is 1.90. The van der Waals surface area contributed by atoms with E-state index in [4.69, 9.17) is 23.2 Å². The molecule has 0 unspecified atom stereocenters. The van der Waals surface area contributed by atoms with Gasteiger partial charge in [0, 0.05) is 41.4 Å². The number of carbonyl (C=O) groups is 1. The average Bonchev–Trinajstić information content (AvgIpc) is 3.29. The largest absolute Gasteiger partial charge is 0.481 e. The highest BCUT2D eigenvalue weighted by atomic mass is 35.5. The third-order valence-electron chi connectivity index (χ3n) is 4.89. The summed E-state index contributed by atoms with van der Waals surface area (Å²) in [5.41, 5.74) is 1.89. The van der Waals surface area contributed by atoms with Crippen LogP contribution < -0.4 is 4.90 Å². The summed E-state index contributed by atoms with van der Waals surface area (Å²) >= 11 is 12.7. The average molecular weight is 390 g/mol. The molecule has 0 radical (unpaired) electrons. The molecule has 1 saturated heterocycles. The van der Waals surface area contributed by atoms with Crippen molar-refractivity contribution in [1.29, 1.82) is 0 Å². The molecule has 1 atom stereocenters.